The van der Waals surface area contributed by atoms with Crippen molar-refractivity contribution in [2.24, 2.45) is 46.3 Å². The lowest BCUT2D eigenvalue weighted by Crippen LogP contribution is -2.50. The zero-order valence-electron chi connectivity index (χ0n) is 37.1. The van der Waals surface area contributed by atoms with Gasteiger partial charge in [0.05, 0.1) is 42.4 Å². The molecule has 13 heteroatoms. The van der Waals surface area contributed by atoms with Crippen LogP contribution in [0.4, 0.5) is 24.5 Å². The second-order valence-corrected chi connectivity index (χ2v) is 21.4. The number of nitrogens with zero attached hydrogens (tertiary/aromatic N) is 3. The number of anilines is 2. The molecular weight excluding hydrogens is 855 g/mol. The lowest BCUT2D eigenvalue weighted by atomic mass is 9.48. The quantitative estimate of drug-likeness (QED) is 0.278. The first-order valence-corrected chi connectivity index (χ1v) is 24.1. The van der Waals surface area contributed by atoms with Gasteiger partial charge in [-0.15, -0.1) is 24.8 Å². The van der Waals surface area contributed by atoms with Gasteiger partial charge in [-0.05, 0) is 135 Å². The Bertz CT molecular complexity index is 1890. The minimum atomic E-state index is -4.35. The van der Waals surface area contributed by atoms with Crippen LogP contribution in [0.25, 0.3) is 0 Å². The van der Waals surface area contributed by atoms with Gasteiger partial charge in [-0.2, -0.15) is 13.2 Å². The zero-order chi connectivity index (χ0) is 42.0. The fourth-order valence-electron chi connectivity index (χ4n) is 13.6. The number of alkyl halides is 3. The van der Waals surface area contributed by atoms with Gasteiger partial charge in [0.25, 0.3) is 0 Å². The fraction of sp³-hybridized carbons (Fsp3) is 0.714. The van der Waals surface area contributed by atoms with Crippen LogP contribution < -0.4 is 4.90 Å². The third kappa shape index (κ3) is 8.88. The molecule has 10 rings (SSSR count). The number of aliphatic hydroxyl groups is 2. The molecule has 2 aromatic rings. The van der Waals surface area contributed by atoms with Crippen molar-refractivity contribution < 1.29 is 32.9 Å². The highest BCUT2D eigenvalue weighted by atomic mass is 35.5. The second kappa shape index (κ2) is 19.0. The number of aliphatic hydroxyl groups excluding tert-OH is 2. The highest BCUT2D eigenvalue weighted by molar-refractivity contribution is 7.99. The maximum absolute atomic E-state index is 13.3. The summed E-state index contributed by atoms with van der Waals surface area (Å²) in [4.78, 5) is 8.62. The number of benzene rings is 2. The predicted molar refractivity (Wildman–Crippen MR) is 246 cm³/mol. The molecule has 346 valence electrons. The maximum atomic E-state index is 13.3. The number of piperazine rings is 1. The fourth-order valence-corrected chi connectivity index (χ4v) is 14.7. The van der Waals surface area contributed by atoms with Crippen molar-refractivity contribution >= 4 is 48.0 Å². The summed E-state index contributed by atoms with van der Waals surface area (Å²) in [6, 6.07) is 11.9. The van der Waals surface area contributed by atoms with Crippen molar-refractivity contribution in [3.63, 3.8) is 0 Å². The van der Waals surface area contributed by atoms with Crippen molar-refractivity contribution in [3.05, 3.63) is 59.7 Å². The van der Waals surface area contributed by atoms with Crippen LogP contribution in [0.3, 0.4) is 0 Å². The van der Waals surface area contributed by atoms with E-state index in [0.29, 0.717) is 59.4 Å². The number of rotatable bonds is 6. The second-order valence-electron chi connectivity index (χ2n) is 20.3. The minimum Gasteiger partial charge on any atom is -0.395 e. The smallest absolute Gasteiger partial charge is 0.395 e. The van der Waals surface area contributed by atoms with E-state index in [0.717, 1.165) is 92.3 Å². The molecule has 6 fully saturated rings. The molecule has 62 heavy (non-hydrogen) atoms. The number of allylic oxidation sites excluding steroid dienone is 2. The number of hydrogen-bond donors (Lipinski definition) is 2. The number of para-hydroxylation sites is 1. The standard InChI is InChI=1S/C27H42O3.C22H26F3N3OS.2ClH/c1-16-7-12-27(29-15-16)17(2)24-23(30-27)14-22-20-6-5-18-13-19(28)8-10-25(18,3)21(20)9-11-26(22,24)4;23-22(24,25)17-6-7-21-19(16-17)28(18-4-1-2-5-20(18)30-21)9-3-8-26-10-12-27(13-11-26)14-15-29;;/h9,16-20,22-24,28H,5-8,10-15H2,1-4H3;1-2,4-7,16,29H,3,8-15H2;2*1H. The molecule has 2 aromatic carbocycles. The third-order valence-electron chi connectivity index (χ3n) is 17.0. The Morgan fingerprint density at radius 1 is 0.855 bits per heavy atom. The van der Waals surface area contributed by atoms with E-state index >= 15 is 0 Å². The molecule has 8 aliphatic rings. The van der Waals surface area contributed by atoms with Crippen LogP contribution in [0.2, 0.25) is 0 Å². The number of fused-ring (bicyclic) bond motifs is 9. The molecule has 0 amide bonds. The van der Waals surface area contributed by atoms with Crippen LogP contribution in [0.15, 0.2) is 63.9 Å². The molecule has 7 nitrogen and oxygen atoms in total. The van der Waals surface area contributed by atoms with E-state index < -0.39 is 11.7 Å². The van der Waals surface area contributed by atoms with E-state index in [-0.39, 0.29) is 43.3 Å². The zero-order valence-corrected chi connectivity index (χ0v) is 39.5. The summed E-state index contributed by atoms with van der Waals surface area (Å²) < 4.78 is 53.3. The Morgan fingerprint density at radius 2 is 1.58 bits per heavy atom. The van der Waals surface area contributed by atoms with Gasteiger partial charge in [0.15, 0.2) is 5.79 Å². The van der Waals surface area contributed by atoms with Gasteiger partial charge >= 0.3 is 6.18 Å². The first-order chi connectivity index (χ1) is 28.7. The average Bonchev–Trinajstić information content (AvgIpc) is 3.68. The normalized spacial score (nSPS) is 37.5. The van der Waals surface area contributed by atoms with Crippen LogP contribution >= 0.6 is 36.6 Å². The molecule has 1 spiro atoms. The van der Waals surface area contributed by atoms with Crippen molar-refractivity contribution in [2.75, 3.05) is 63.9 Å². The summed E-state index contributed by atoms with van der Waals surface area (Å²) in [6.07, 6.45) is 10.1. The van der Waals surface area contributed by atoms with Crippen molar-refractivity contribution in [3.8, 4) is 0 Å². The van der Waals surface area contributed by atoms with E-state index in [1.54, 1.807) is 11.6 Å². The summed E-state index contributed by atoms with van der Waals surface area (Å²) in [7, 11) is 0. The van der Waals surface area contributed by atoms with Crippen LogP contribution in [0, 0.1) is 46.3 Å². The SMILES string of the molecule is CC1CCC2(OC1)OC1CC3C4CCC5CC(O)CCC5(C)C4=CCC3(C)C1C2C.Cl.Cl.OCCN1CCN(CCCN2c3ccccc3Sc3ccc(C(F)(F)F)cc32)CC1. The molecule has 11 atom stereocenters. The van der Waals surface area contributed by atoms with E-state index in [9.17, 15) is 18.3 Å². The Labute approximate surface area is 384 Å². The number of halogens is 5. The first kappa shape index (κ1) is 48.4. The van der Waals surface area contributed by atoms with Gasteiger partial charge < -0.3 is 29.5 Å². The summed E-state index contributed by atoms with van der Waals surface area (Å²) >= 11 is 1.53. The van der Waals surface area contributed by atoms with Crippen LogP contribution in [0.5, 0.6) is 0 Å². The Morgan fingerprint density at radius 3 is 2.29 bits per heavy atom. The molecule has 4 aliphatic heterocycles. The molecule has 0 bridgehead atoms. The van der Waals surface area contributed by atoms with Gasteiger partial charge in [-0.3, -0.25) is 4.90 Å². The number of hydrogen-bond acceptors (Lipinski definition) is 8. The van der Waals surface area contributed by atoms with Gasteiger partial charge in [0.2, 0.25) is 0 Å². The number of β-amino-alcohol motifs (C(OH)–C–C–N with tert-alkyl or cyclic N) is 1. The molecule has 11 unspecified atom stereocenters. The average molecular weight is 925 g/mol. The molecule has 0 radical (unpaired) electrons. The summed E-state index contributed by atoms with van der Waals surface area (Å²) in [5.74, 6) is 3.68. The summed E-state index contributed by atoms with van der Waals surface area (Å²) in [5, 5.41) is 19.3. The van der Waals surface area contributed by atoms with Crippen molar-refractivity contribution in [1.29, 1.82) is 0 Å². The lowest BCUT2D eigenvalue weighted by Gasteiger charge is -2.57. The van der Waals surface area contributed by atoms with E-state index in [2.05, 4.69) is 43.6 Å². The Hall–Kier alpha value is -1.54. The molecule has 2 N–H and O–H groups in total. The molecule has 3 saturated carbocycles. The van der Waals surface area contributed by atoms with Gasteiger partial charge in [-0.1, -0.05) is 63.2 Å². The summed E-state index contributed by atoms with van der Waals surface area (Å²) in [5.41, 5.74) is 3.47. The van der Waals surface area contributed by atoms with Crippen LogP contribution in [-0.4, -0.2) is 97.0 Å². The molecule has 4 heterocycles. The monoisotopic (exact) mass is 923 g/mol. The summed E-state index contributed by atoms with van der Waals surface area (Å²) in [6.45, 7) is 17.0. The molecule has 4 aliphatic carbocycles. The van der Waals surface area contributed by atoms with Gasteiger partial charge in [-0.25, -0.2) is 0 Å². The highest BCUT2D eigenvalue weighted by Crippen LogP contribution is 2.70. The van der Waals surface area contributed by atoms with E-state index in [1.165, 1.54) is 62.4 Å². The maximum Gasteiger partial charge on any atom is 0.416 e. The Balaban J connectivity index is 0.000000181. The van der Waals surface area contributed by atoms with Crippen molar-refractivity contribution in [1.82, 2.24) is 9.80 Å². The number of ether oxygens (including phenoxy) is 2. The van der Waals surface area contributed by atoms with E-state index in [1.807, 2.05) is 29.2 Å². The topological polar surface area (TPSA) is 68.6 Å². The molecule has 3 saturated heterocycles. The molecular formula is C49H70Cl2F3N3O4S. The van der Waals surface area contributed by atoms with E-state index in [4.69, 9.17) is 14.6 Å². The highest BCUT2D eigenvalue weighted by Gasteiger charge is 2.68. The first-order valence-electron chi connectivity index (χ1n) is 23.2. The van der Waals surface area contributed by atoms with Gasteiger partial charge in [0.1, 0.15) is 0 Å². The minimum absolute atomic E-state index is 0. The van der Waals surface area contributed by atoms with Crippen LogP contribution in [0.1, 0.15) is 97.5 Å². The van der Waals surface area contributed by atoms with Crippen molar-refractivity contribution in [2.45, 2.75) is 126 Å². The lowest BCUT2D eigenvalue weighted by molar-refractivity contribution is -0.272. The van der Waals surface area contributed by atoms with Gasteiger partial charge in [0, 0.05) is 61.4 Å². The predicted octanol–water partition coefficient (Wildman–Crippen LogP) is 10.9. The van der Waals surface area contributed by atoms with Crippen LogP contribution in [-0.2, 0) is 15.7 Å². The Kier molecular flexibility index (Phi) is 14.8. The third-order valence-corrected chi connectivity index (χ3v) is 18.1. The molecule has 0 aromatic heterocycles. The largest absolute Gasteiger partial charge is 0.416 e.